The Bertz CT molecular complexity index is 746. The first-order chi connectivity index (χ1) is 11.2. The highest BCUT2D eigenvalue weighted by Gasteiger charge is 2.52. The quantitative estimate of drug-likeness (QED) is 0.727. The lowest BCUT2D eigenvalue weighted by atomic mass is 9.78. The van der Waals surface area contributed by atoms with Gasteiger partial charge in [-0.15, -0.1) is 0 Å². The van der Waals surface area contributed by atoms with Crippen LogP contribution in [0, 0.1) is 6.07 Å². The zero-order chi connectivity index (χ0) is 17.5. The van der Waals surface area contributed by atoms with Gasteiger partial charge in [0.2, 0.25) is 0 Å². The number of ether oxygens (including phenoxy) is 1. The summed E-state index contributed by atoms with van der Waals surface area (Å²) in [6.07, 6.45) is 0. The Labute approximate surface area is 153 Å². The molecule has 1 heterocycles. The Kier molecular flexibility index (Phi) is 4.60. The topological polar surface area (TPSA) is 27.7 Å². The van der Waals surface area contributed by atoms with Gasteiger partial charge < -0.3 is 14.0 Å². The molecule has 1 fully saturated rings. The van der Waals surface area contributed by atoms with Gasteiger partial charge in [-0.1, -0.05) is 35.3 Å². The maximum atomic E-state index is 6.20. The lowest BCUT2D eigenvalue weighted by molar-refractivity contribution is 0.00578. The normalized spacial score (nSPS) is 18.7. The molecular weight excluding hydrogens is 346 g/mol. The van der Waals surface area contributed by atoms with Crippen LogP contribution < -0.4 is 10.2 Å². The molecule has 0 bridgehead atoms. The van der Waals surface area contributed by atoms with Crippen molar-refractivity contribution in [2.75, 3.05) is 0 Å². The molecule has 24 heavy (non-hydrogen) atoms. The van der Waals surface area contributed by atoms with E-state index in [1.165, 1.54) is 0 Å². The van der Waals surface area contributed by atoms with Crippen LogP contribution in [0.15, 0.2) is 36.4 Å². The Hall–Kier alpha value is -1.20. The highest BCUT2D eigenvalue weighted by atomic mass is 35.5. The van der Waals surface area contributed by atoms with Crippen molar-refractivity contribution < 1.29 is 14.0 Å². The van der Waals surface area contributed by atoms with Crippen molar-refractivity contribution in [2.45, 2.75) is 38.9 Å². The maximum Gasteiger partial charge on any atom is 0.498 e. The van der Waals surface area contributed by atoms with Crippen molar-refractivity contribution in [3.05, 3.63) is 52.5 Å². The molecule has 1 radical (unpaired) electrons. The Morgan fingerprint density at radius 2 is 1.67 bits per heavy atom. The van der Waals surface area contributed by atoms with Crippen LogP contribution in [0.3, 0.4) is 0 Å². The lowest BCUT2D eigenvalue weighted by Crippen LogP contribution is -2.41. The monoisotopic (exact) mass is 363 g/mol. The minimum Gasteiger partial charge on any atom is -0.456 e. The van der Waals surface area contributed by atoms with Gasteiger partial charge in [0.15, 0.2) is 0 Å². The molecule has 0 N–H and O–H groups in total. The summed E-state index contributed by atoms with van der Waals surface area (Å²) < 4.78 is 18.2. The van der Waals surface area contributed by atoms with E-state index in [2.05, 4.69) is 6.07 Å². The number of hydrogen-bond donors (Lipinski definition) is 0. The van der Waals surface area contributed by atoms with Crippen molar-refractivity contribution in [2.24, 2.45) is 0 Å². The van der Waals surface area contributed by atoms with Crippen molar-refractivity contribution in [1.82, 2.24) is 0 Å². The van der Waals surface area contributed by atoms with E-state index in [9.17, 15) is 0 Å². The molecule has 6 heteroatoms. The molecule has 0 amide bonds. The summed E-state index contributed by atoms with van der Waals surface area (Å²) in [7, 11) is -0.534. The van der Waals surface area contributed by atoms with Crippen LogP contribution in [0.25, 0.3) is 0 Å². The van der Waals surface area contributed by atoms with Gasteiger partial charge in [0, 0.05) is 10.5 Å². The van der Waals surface area contributed by atoms with Crippen molar-refractivity contribution in [3.8, 4) is 11.5 Å². The molecule has 125 valence electrons. The van der Waals surface area contributed by atoms with E-state index < -0.39 is 18.3 Å². The van der Waals surface area contributed by atoms with Gasteiger partial charge in [-0.25, -0.2) is 0 Å². The zero-order valence-corrected chi connectivity index (χ0v) is 15.5. The zero-order valence-electron chi connectivity index (χ0n) is 14.0. The molecule has 3 rings (SSSR count). The Morgan fingerprint density at radius 3 is 2.29 bits per heavy atom. The van der Waals surface area contributed by atoms with Gasteiger partial charge >= 0.3 is 7.12 Å². The summed E-state index contributed by atoms with van der Waals surface area (Å²) >= 11 is 12.1. The van der Waals surface area contributed by atoms with Crippen LogP contribution in [0.4, 0.5) is 0 Å². The number of rotatable bonds is 3. The molecular formula is C18H18BCl2O3. The van der Waals surface area contributed by atoms with Gasteiger partial charge in [-0.2, -0.15) is 0 Å². The van der Waals surface area contributed by atoms with Crippen LogP contribution in [0.2, 0.25) is 10.0 Å². The second-order valence-corrected chi connectivity index (χ2v) is 7.57. The van der Waals surface area contributed by atoms with E-state index in [1.54, 1.807) is 30.3 Å². The van der Waals surface area contributed by atoms with E-state index in [-0.39, 0.29) is 0 Å². The Morgan fingerprint density at radius 1 is 1.00 bits per heavy atom. The summed E-state index contributed by atoms with van der Waals surface area (Å²) in [5.41, 5.74) is -0.0899. The third kappa shape index (κ3) is 3.29. The smallest absolute Gasteiger partial charge is 0.456 e. The third-order valence-corrected chi connectivity index (χ3v) is 5.01. The number of halogens is 2. The summed E-state index contributed by atoms with van der Waals surface area (Å²) in [5, 5.41) is 0.995. The van der Waals surface area contributed by atoms with Gasteiger partial charge in [0.1, 0.15) is 11.5 Å². The van der Waals surface area contributed by atoms with Crippen molar-refractivity contribution in [3.63, 3.8) is 0 Å². The molecule has 2 aromatic carbocycles. The second-order valence-electron chi connectivity index (χ2n) is 6.73. The molecule has 3 nitrogen and oxygen atoms in total. The molecule has 2 aromatic rings. The van der Waals surface area contributed by atoms with Crippen LogP contribution in [-0.4, -0.2) is 18.3 Å². The first kappa shape index (κ1) is 17.6. The summed E-state index contributed by atoms with van der Waals surface area (Å²) in [4.78, 5) is 0. The predicted molar refractivity (Wildman–Crippen MR) is 97.5 cm³/mol. The highest BCUT2D eigenvalue weighted by molar-refractivity contribution is 6.63. The number of benzene rings is 2. The SMILES string of the molecule is CC1(C)OB(c2c[c]ccc2Oc2ccc(Cl)cc2Cl)OC1(C)C. The predicted octanol–water partition coefficient (Wildman–Crippen LogP) is 4.89. The molecule has 1 saturated heterocycles. The third-order valence-electron chi connectivity index (χ3n) is 4.48. The highest BCUT2D eigenvalue weighted by Crippen LogP contribution is 2.38. The molecule has 0 unspecified atom stereocenters. The molecule has 1 aliphatic heterocycles. The first-order valence-electron chi connectivity index (χ1n) is 7.68. The van der Waals surface area contributed by atoms with Gasteiger partial charge in [-0.05, 0) is 58.0 Å². The van der Waals surface area contributed by atoms with Crippen LogP contribution in [-0.2, 0) is 9.31 Å². The standard InChI is InChI=1S/C18H18BCl2O3/c1-17(2)18(3,4)24-19(23-17)13-7-5-6-8-15(13)22-16-10-9-12(20)11-14(16)21/h6-11H,1-4H3. The van der Waals surface area contributed by atoms with Gasteiger partial charge in [0.05, 0.1) is 16.2 Å². The second kappa shape index (κ2) is 6.27. The average molecular weight is 364 g/mol. The average Bonchev–Trinajstić information content (AvgIpc) is 2.71. The fraction of sp³-hybridized carbons (Fsp3) is 0.333. The summed E-state index contributed by atoms with van der Waals surface area (Å²) in [6, 6.07) is 13.5. The van der Waals surface area contributed by atoms with E-state index in [0.717, 1.165) is 5.46 Å². The molecule has 0 aromatic heterocycles. The minimum atomic E-state index is -0.534. The molecule has 0 aliphatic carbocycles. The fourth-order valence-corrected chi connectivity index (χ4v) is 2.80. The fourth-order valence-electron chi connectivity index (χ4n) is 2.35. The van der Waals surface area contributed by atoms with Gasteiger partial charge in [-0.3, -0.25) is 0 Å². The number of hydrogen-bond acceptors (Lipinski definition) is 3. The largest absolute Gasteiger partial charge is 0.498 e. The van der Waals surface area contributed by atoms with E-state index in [4.69, 9.17) is 37.2 Å². The molecule has 1 aliphatic rings. The molecule has 0 saturated carbocycles. The van der Waals surface area contributed by atoms with E-state index in [0.29, 0.717) is 21.5 Å². The molecule has 0 atom stereocenters. The maximum absolute atomic E-state index is 6.20. The summed E-state index contributed by atoms with van der Waals surface area (Å²) in [5.74, 6) is 1.13. The Balaban J connectivity index is 1.92. The lowest BCUT2D eigenvalue weighted by Gasteiger charge is -2.32. The van der Waals surface area contributed by atoms with Crippen molar-refractivity contribution >= 4 is 35.8 Å². The first-order valence-corrected chi connectivity index (χ1v) is 8.44. The van der Waals surface area contributed by atoms with Crippen molar-refractivity contribution in [1.29, 1.82) is 0 Å². The van der Waals surface area contributed by atoms with E-state index in [1.807, 2.05) is 33.8 Å². The van der Waals surface area contributed by atoms with Crippen LogP contribution >= 0.6 is 23.2 Å². The van der Waals surface area contributed by atoms with Gasteiger partial charge in [0.25, 0.3) is 0 Å². The molecule has 0 spiro atoms. The minimum absolute atomic E-state index is 0.428. The van der Waals surface area contributed by atoms with Crippen LogP contribution in [0.1, 0.15) is 27.7 Å². The summed E-state index contributed by atoms with van der Waals surface area (Å²) in [6.45, 7) is 8.04. The van der Waals surface area contributed by atoms with Crippen LogP contribution in [0.5, 0.6) is 11.5 Å². The van der Waals surface area contributed by atoms with E-state index >= 15 is 0 Å².